The van der Waals surface area contributed by atoms with Crippen LogP contribution in [0.3, 0.4) is 0 Å². The van der Waals surface area contributed by atoms with Crippen molar-refractivity contribution in [2.45, 2.75) is 20.3 Å². The van der Waals surface area contributed by atoms with Crippen molar-refractivity contribution in [3.63, 3.8) is 0 Å². The number of carbonyl (C=O) groups excluding carboxylic acids is 1. The molecule has 0 spiro atoms. The van der Waals surface area contributed by atoms with Gasteiger partial charge in [0.15, 0.2) is 0 Å². The van der Waals surface area contributed by atoms with Gasteiger partial charge in [-0.1, -0.05) is 29.3 Å². The third-order valence-corrected chi connectivity index (χ3v) is 3.93. The van der Waals surface area contributed by atoms with Crippen molar-refractivity contribution in [1.82, 2.24) is 4.98 Å². The maximum absolute atomic E-state index is 12.1. The molecule has 0 bridgehead atoms. The molecule has 1 aromatic heterocycles. The van der Waals surface area contributed by atoms with Gasteiger partial charge in [0.05, 0.1) is 22.2 Å². The van der Waals surface area contributed by atoms with Gasteiger partial charge >= 0.3 is 5.97 Å². The zero-order valence-corrected chi connectivity index (χ0v) is 13.7. The number of hydrogen-bond acceptors (Lipinski definition) is 3. The first-order valence-corrected chi connectivity index (χ1v) is 7.51. The Kier molecular flexibility index (Phi) is 5.27. The van der Waals surface area contributed by atoms with E-state index >= 15 is 0 Å². The van der Waals surface area contributed by atoms with Crippen LogP contribution in [0, 0.1) is 6.92 Å². The highest BCUT2D eigenvalue weighted by molar-refractivity contribution is 6.42. The summed E-state index contributed by atoms with van der Waals surface area (Å²) >= 11 is 11.9. The number of H-pyrrole nitrogens is 1. The number of hydrogen-bond donors (Lipinski definition) is 1. The molecule has 1 heterocycles. The molecule has 116 valence electrons. The van der Waals surface area contributed by atoms with Crippen molar-refractivity contribution in [1.29, 1.82) is 0 Å². The molecule has 0 saturated heterocycles. The number of nitrogens with one attached hydrogen (secondary N) is 1. The maximum atomic E-state index is 12.1. The van der Waals surface area contributed by atoms with E-state index in [1.54, 1.807) is 38.1 Å². The summed E-state index contributed by atoms with van der Waals surface area (Å²) in [6.45, 7) is 3.67. The van der Waals surface area contributed by atoms with Crippen molar-refractivity contribution in [3.05, 3.63) is 67.0 Å². The Balaban J connectivity index is 2.38. The number of pyridine rings is 1. The van der Waals surface area contributed by atoms with Gasteiger partial charge in [-0.15, -0.1) is 0 Å². The number of halogens is 2. The molecule has 2 aromatic rings. The summed E-state index contributed by atoms with van der Waals surface area (Å²) in [5.74, 6) is -0.452. The second-order valence-electron chi connectivity index (χ2n) is 4.81. The largest absolute Gasteiger partial charge is 0.462 e. The predicted octanol–water partition coefficient (Wildman–Crippen LogP) is 3.76. The fourth-order valence-corrected chi connectivity index (χ4v) is 2.41. The third kappa shape index (κ3) is 3.70. The van der Waals surface area contributed by atoms with Crippen molar-refractivity contribution in [2.75, 3.05) is 6.61 Å². The fraction of sp³-hybridized carbons (Fsp3) is 0.250. The van der Waals surface area contributed by atoms with Gasteiger partial charge in [-0.25, -0.2) is 4.79 Å². The molecule has 0 amide bonds. The van der Waals surface area contributed by atoms with Gasteiger partial charge in [-0.2, -0.15) is 0 Å². The molecule has 4 nitrogen and oxygen atoms in total. The molecule has 0 unspecified atom stereocenters. The van der Waals surface area contributed by atoms with Crippen molar-refractivity contribution >= 4 is 29.2 Å². The lowest BCUT2D eigenvalue weighted by Gasteiger charge is -2.08. The van der Waals surface area contributed by atoms with Gasteiger partial charge in [0, 0.05) is 17.7 Å². The molecule has 6 heteroatoms. The Morgan fingerprint density at radius 3 is 2.59 bits per heavy atom. The molecule has 0 aliphatic rings. The van der Waals surface area contributed by atoms with Crippen molar-refractivity contribution in [2.24, 2.45) is 0 Å². The molecule has 0 aliphatic heterocycles. The SMILES string of the molecule is CCOC(=O)c1cc(Cc2ccc(Cl)c(Cl)c2)c(=O)[nH]c1C. The van der Waals surface area contributed by atoms with Crippen LogP contribution in [0.1, 0.15) is 34.1 Å². The van der Waals surface area contributed by atoms with E-state index in [1.807, 2.05) is 0 Å². The quantitative estimate of drug-likeness (QED) is 0.862. The van der Waals surface area contributed by atoms with Crippen LogP contribution in [0.25, 0.3) is 0 Å². The molecule has 22 heavy (non-hydrogen) atoms. The van der Waals surface area contributed by atoms with Crippen molar-refractivity contribution < 1.29 is 9.53 Å². The molecule has 0 fully saturated rings. The summed E-state index contributed by atoms with van der Waals surface area (Å²) in [5, 5.41) is 0.878. The topological polar surface area (TPSA) is 59.2 Å². The number of aromatic nitrogens is 1. The molecular formula is C16H15Cl2NO3. The predicted molar refractivity (Wildman–Crippen MR) is 87.0 cm³/mol. The van der Waals surface area contributed by atoms with E-state index in [-0.39, 0.29) is 12.2 Å². The highest BCUT2D eigenvalue weighted by Crippen LogP contribution is 2.23. The number of rotatable bonds is 4. The molecule has 2 rings (SSSR count). The van der Waals surface area contributed by atoms with Crippen LogP contribution >= 0.6 is 23.2 Å². The Bertz CT molecular complexity index is 768. The molecule has 0 atom stereocenters. The molecule has 0 saturated carbocycles. The summed E-state index contributed by atoms with van der Waals surface area (Å²) in [4.78, 5) is 26.6. The number of esters is 1. The third-order valence-electron chi connectivity index (χ3n) is 3.19. The summed E-state index contributed by atoms with van der Waals surface area (Å²) in [6.07, 6.45) is 0.346. The first-order valence-electron chi connectivity index (χ1n) is 6.76. The van der Waals surface area contributed by atoms with E-state index < -0.39 is 5.97 Å². The number of carbonyl (C=O) groups is 1. The van der Waals surface area contributed by atoms with Gasteiger partial charge in [-0.3, -0.25) is 4.79 Å². The minimum absolute atomic E-state index is 0.239. The number of ether oxygens (including phenoxy) is 1. The zero-order chi connectivity index (χ0) is 16.3. The number of aryl methyl sites for hydroxylation is 1. The first kappa shape index (κ1) is 16.6. The van der Waals surface area contributed by atoms with E-state index in [9.17, 15) is 9.59 Å². The Morgan fingerprint density at radius 1 is 1.23 bits per heavy atom. The van der Waals surface area contributed by atoms with E-state index in [4.69, 9.17) is 27.9 Å². The lowest BCUT2D eigenvalue weighted by molar-refractivity contribution is 0.0524. The van der Waals surface area contributed by atoms with Crippen LogP contribution in [0.4, 0.5) is 0 Å². The van der Waals surface area contributed by atoms with Crippen LogP contribution < -0.4 is 5.56 Å². The van der Waals surface area contributed by atoms with E-state index in [0.29, 0.717) is 33.3 Å². The smallest absolute Gasteiger partial charge is 0.339 e. The molecule has 1 aromatic carbocycles. The van der Waals surface area contributed by atoms with E-state index in [1.165, 1.54) is 0 Å². The summed E-state index contributed by atoms with van der Waals surface area (Å²) in [6, 6.07) is 6.73. The summed E-state index contributed by atoms with van der Waals surface area (Å²) in [7, 11) is 0. The second kappa shape index (κ2) is 6.99. The van der Waals surface area contributed by atoms with Crippen molar-refractivity contribution in [3.8, 4) is 0 Å². The Hall–Kier alpha value is -1.78. The normalized spacial score (nSPS) is 10.5. The summed E-state index contributed by atoms with van der Waals surface area (Å²) in [5.41, 5.74) is 1.90. The average molecular weight is 340 g/mol. The highest BCUT2D eigenvalue weighted by atomic mass is 35.5. The molecular weight excluding hydrogens is 325 g/mol. The maximum Gasteiger partial charge on any atom is 0.339 e. The first-order chi connectivity index (χ1) is 10.4. The van der Waals surface area contributed by atoms with Crippen LogP contribution in [0.5, 0.6) is 0 Å². The van der Waals surface area contributed by atoms with Crippen LogP contribution in [-0.4, -0.2) is 17.6 Å². The van der Waals surface area contributed by atoms with E-state index in [0.717, 1.165) is 5.56 Å². The Morgan fingerprint density at radius 2 is 1.95 bits per heavy atom. The van der Waals surface area contributed by atoms with Gasteiger partial charge in [0.1, 0.15) is 0 Å². The zero-order valence-electron chi connectivity index (χ0n) is 12.2. The molecule has 1 N–H and O–H groups in total. The van der Waals surface area contributed by atoms with E-state index in [2.05, 4.69) is 4.98 Å². The van der Waals surface area contributed by atoms with Gasteiger partial charge in [-0.05, 0) is 37.6 Å². The van der Waals surface area contributed by atoms with Gasteiger partial charge in [0.25, 0.3) is 5.56 Å². The number of aromatic amines is 1. The fourth-order valence-electron chi connectivity index (χ4n) is 2.09. The Labute approximate surface area is 138 Å². The highest BCUT2D eigenvalue weighted by Gasteiger charge is 2.14. The average Bonchev–Trinajstić information content (AvgIpc) is 2.46. The standard InChI is InChI=1S/C16H15Cl2NO3/c1-3-22-16(21)12-8-11(15(20)19-9(12)2)6-10-4-5-13(17)14(18)7-10/h4-5,7-8H,3,6H2,1-2H3,(H,19,20). The summed E-state index contributed by atoms with van der Waals surface area (Å²) < 4.78 is 4.99. The molecule has 0 radical (unpaired) electrons. The van der Waals surface area contributed by atoms with Crippen LogP contribution in [-0.2, 0) is 11.2 Å². The van der Waals surface area contributed by atoms with Crippen LogP contribution in [0.2, 0.25) is 10.0 Å². The second-order valence-corrected chi connectivity index (χ2v) is 5.62. The van der Waals surface area contributed by atoms with Gasteiger partial charge < -0.3 is 9.72 Å². The monoisotopic (exact) mass is 339 g/mol. The molecule has 0 aliphatic carbocycles. The van der Waals surface area contributed by atoms with Crippen LogP contribution in [0.15, 0.2) is 29.1 Å². The minimum Gasteiger partial charge on any atom is -0.462 e. The lowest BCUT2D eigenvalue weighted by Crippen LogP contribution is -2.19. The van der Waals surface area contributed by atoms with Gasteiger partial charge in [0.2, 0.25) is 0 Å². The minimum atomic E-state index is -0.452. The lowest BCUT2D eigenvalue weighted by atomic mass is 10.0. The number of benzene rings is 1.